The van der Waals surface area contributed by atoms with Crippen LogP contribution >= 0.6 is 0 Å². The van der Waals surface area contributed by atoms with E-state index >= 15 is 0 Å². The second kappa shape index (κ2) is 30.6. The van der Waals surface area contributed by atoms with Gasteiger partial charge < -0.3 is 60.1 Å². The Morgan fingerprint density at radius 2 is 1.21 bits per heavy atom. The Bertz CT molecular complexity index is 1150. The summed E-state index contributed by atoms with van der Waals surface area (Å²) in [6, 6.07) is -0.241. The van der Waals surface area contributed by atoms with Crippen LogP contribution in [-0.4, -0.2) is 178 Å². The molecule has 0 aromatic carbocycles. The Labute approximate surface area is 377 Å². The van der Waals surface area contributed by atoms with Crippen LogP contribution in [0.4, 0.5) is 0 Å². The molecule has 0 aliphatic carbocycles. The van der Waals surface area contributed by atoms with E-state index in [0.29, 0.717) is 0 Å². The molecule has 0 bridgehead atoms. The third-order valence-corrected chi connectivity index (χ3v) is 12.4. The molecule has 4 unspecified atom stereocenters. The number of hydrogen-bond donors (Lipinski definition) is 5. The summed E-state index contributed by atoms with van der Waals surface area (Å²) in [5, 5.41) is 47.8. The SMILES string of the molecule is CCCCC1(C(=O)OC)CCCN1B(C)O.CCCCC1(C=O)CCCN1B(C)O.CCCCC1(CO)CCCN1B(C)O.COC(=O)C1CCCN1B(C)O.[AlH3].[H-].[Li+]. The van der Waals surface area contributed by atoms with E-state index in [1.165, 1.54) is 14.2 Å². The Kier molecular flexibility index (Phi) is 31.6. The van der Waals surface area contributed by atoms with Crippen molar-refractivity contribution in [3.05, 3.63) is 0 Å². The first-order valence-electron chi connectivity index (χ1n) is 21.6. The molecule has 0 radical (unpaired) electrons. The average molecular weight is 832 g/mol. The van der Waals surface area contributed by atoms with Gasteiger partial charge in [0.1, 0.15) is 17.9 Å². The Morgan fingerprint density at radius 3 is 1.69 bits per heavy atom. The molecule has 20 heteroatoms. The molecule has 0 saturated carbocycles. The number of hydrogen-bond acceptors (Lipinski definition) is 14. The molecule has 14 nitrogen and oxygen atoms in total. The summed E-state index contributed by atoms with van der Waals surface area (Å²) < 4.78 is 9.55. The number of aliphatic hydroxyl groups is 1. The molecule has 4 aliphatic heterocycles. The minimum atomic E-state index is -0.585. The van der Waals surface area contributed by atoms with E-state index in [9.17, 15) is 39.6 Å². The van der Waals surface area contributed by atoms with Gasteiger partial charge in [0, 0.05) is 5.54 Å². The fraction of sp³-hybridized carbons (Fsp3) is 0.921. The van der Waals surface area contributed by atoms with Gasteiger partial charge in [-0.1, -0.05) is 59.3 Å². The van der Waals surface area contributed by atoms with Crippen molar-refractivity contribution in [2.24, 2.45) is 0 Å². The van der Waals surface area contributed by atoms with Crippen molar-refractivity contribution in [3.8, 4) is 0 Å². The van der Waals surface area contributed by atoms with Crippen molar-refractivity contribution in [1.82, 2.24) is 19.2 Å². The molecule has 0 aromatic rings. The maximum atomic E-state index is 12.0. The Morgan fingerprint density at radius 1 is 0.707 bits per heavy atom. The number of ether oxygens (including phenoxy) is 2. The van der Waals surface area contributed by atoms with E-state index in [2.05, 4.69) is 30.3 Å². The molecule has 0 spiro atoms. The van der Waals surface area contributed by atoms with E-state index < -0.39 is 33.7 Å². The summed E-state index contributed by atoms with van der Waals surface area (Å²) in [4.78, 5) is 42.0. The molecule has 58 heavy (non-hydrogen) atoms. The van der Waals surface area contributed by atoms with Gasteiger partial charge in [0.05, 0.1) is 26.4 Å². The molecule has 5 N–H and O–H groups in total. The second-order valence-corrected chi connectivity index (χ2v) is 16.3. The van der Waals surface area contributed by atoms with Crippen LogP contribution in [0.2, 0.25) is 27.3 Å². The molecule has 4 aliphatic rings. The van der Waals surface area contributed by atoms with Crippen LogP contribution in [-0.2, 0) is 23.9 Å². The van der Waals surface area contributed by atoms with E-state index in [0.717, 1.165) is 142 Å². The van der Waals surface area contributed by atoms with Crippen molar-refractivity contribution >= 4 is 63.8 Å². The average Bonchev–Trinajstić information content (AvgIpc) is 4.01. The number of aliphatic hydroxyl groups excluding tert-OH is 1. The summed E-state index contributed by atoms with van der Waals surface area (Å²) in [6.45, 7) is 16.8. The van der Waals surface area contributed by atoms with Crippen molar-refractivity contribution in [2.45, 2.75) is 180 Å². The van der Waals surface area contributed by atoms with Gasteiger partial charge in [0.25, 0.3) is 0 Å². The molecule has 4 atom stereocenters. The van der Waals surface area contributed by atoms with Gasteiger partial charge in [-0.05, 0) is 124 Å². The van der Waals surface area contributed by atoms with Crippen molar-refractivity contribution < 1.29 is 69.3 Å². The zero-order valence-electron chi connectivity index (χ0n) is 38.6. The normalized spacial score (nSPS) is 25.7. The third-order valence-electron chi connectivity index (χ3n) is 12.4. The second-order valence-electron chi connectivity index (χ2n) is 16.3. The van der Waals surface area contributed by atoms with E-state index in [1.807, 2.05) is 9.62 Å². The number of rotatable bonds is 17. The molecule has 0 amide bonds. The maximum absolute atomic E-state index is 12.0. The quantitative estimate of drug-likeness (QED) is 0.0712. The number of carbonyl (C=O) groups excluding carboxylic acids is 3. The molecule has 4 saturated heterocycles. The largest absolute Gasteiger partial charge is 1.00 e. The Balaban J connectivity index is -0.000000700. The van der Waals surface area contributed by atoms with Crippen LogP contribution in [0.5, 0.6) is 0 Å². The number of esters is 2. The van der Waals surface area contributed by atoms with Crippen LogP contribution in [0.25, 0.3) is 0 Å². The zero-order chi connectivity index (χ0) is 42.5. The molecular formula is C38H82AlB4LiN4O10. The smallest absolute Gasteiger partial charge is 1.00 e. The minimum Gasteiger partial charge on any atom is -1.00 e. The molecule has 330 valence electrons. The number of methoxy groups -OCH3 is 2. The molecule has 0 aromatic heterocycles. The first-order valence-corrected chi connectivity index (χ1v) is 21.6. The molecule has 4 fully saturated rings. The standard InChI is InChI=1S/C11H22BNO3.C10H22BNO2.C10H20BNO2.C7H14BNO3.Al.Li.4H/c1-4-5-7-11(10(14)16-3)8-6-9-13(11)12(2)15;2*1-3-4-6-10(9-13)7-5-8-12(10)11(2)14;1-8(11)9-5-3-4-6(9)7(10)12-2;;;;;;/h15H,4-9H2,1-3H3;13-14H,3-9H2,1-2H3;9,14H,3-8H2,1-2H3;6,11H,3-5H2,1-2H3;;;;;;/q;;;;;+1;;;;-1. The van der Waals surface area contributed by atoms with Gasteiger partial charge in [-0.15, -0.1) is 0 Å². The predicted molar refractivity (Wildman–Crippen MR) is 238 cm³/mol. The van der Waals surface area contributed by atoms with Crippen LogP contribution in [0.3, 0.4) is 0 Å². The fourth-order valence-electron chi connectivity index (χ4n) is 9.30. The summed E-state index contributed by atoms with van der Waals surface area (Å²) >= 11 is 0. The van der Waals surface area contributed by atoms with Crippen LogP contribution in [0.1, 0.15) is 131 Å². The van der Waals surface area contributed by atoms with Crippen LogP contribution in [0.15, 0.2) is 0 Å². The van der Waals surface area contributed by atoms with Gasteiger partial charge in [-0.25, -0.2) is 0 Å². The minimum absolute atomic E-state index is 0. The Hall–Kier alpha value is -0.360. The summed E-state index contributed by atoms with van der Waals surface area (Å²) in [5.41, 5.74) is -1.09. The molecule has 4 heterocycles. The first kappa shape index (κ1) is 59.7. The monoisotopic (exact) mass is 833 g/mol. The molecule has 4 rings (SSSR count). The van der Waals surface area contributed by atoms with Crippen molar-refractivity contribution in [3.63, 3.8) is 0 Å². The third kappa shape index (κ3) is 16.7. The van der Waals surface area contributed by atoms with E-state index in [-0.39, 0.29) is 73.3 Å². The van der Waals surface area contributed by atoms with E-state index in [4.69, 9.17) is 4.74 Å². The van der Waals surface area contributed by atoms with Gasteiger partial charge in [-0.3, -0.25) is 9.59 Å². The zero-order valence-corrected chi connectivity index (χ0v) is 37.6. The maximum Gasteiger partial charge on any atom is 1.00 e. The number of aldehydes is 1. The van der Waals surface area contributed by atoms with Crippen molar-refractivity contribution in [2.75, 3.05) is 47.0 Å². The number of carbonyl (C=O) groups is 3. The van der Waals surface area contributed by atoms with Gasteiger partial charge >= 0.3 is 59.0 Å². The van der Waals surface area contributed by atoms with Gasteiger partial charge in [-0.2, -0.15) is 0 Å². The van der Waals surface area contributed by atoms with Crippen LogP contribution < -0.4 is 18.9 Å². The first-order chi connectivity index (χ1) is 26.6. The summed E-state index contributed by atoms with van der Waals surface area (Å²) in [6.07, 6.45) is 17.7. The van der Waals surface area contributed by atoms with Gasteiger partial charge in [0.2, 0.25) is 0 Å². The fourth-order valence-corrected chi connectivity index (χ4v) is 9.30. The predicted octanol–water partition coefficient (Wildman–Crippen LogP) is -0.605. The number of nitrogens with zero attached hydrogens (tertiary/aromatic N) is 4. The van der Waals surface area contributed by atoms with Crippen LogP contribution in [0, 0.1) is 0 Å². The topological polar surface area (TPSA) is 184 Å². The summed E-state index contributed by atoms with van der Waals surface area (Å²) in [7, 11) is 0.728. The van der Waals surface area contributed by atoms with E-state index in [1.54, 1.807) is 32.1 Å². The summed E-state index contributed by atoms with van der Waals surface area (Å²) in [5.74, 6) is -0.437. The van der Waals surface area contributed by atoms with Crippen molar-refractivity contribution in [1.29, 1.82) is 0 Å². The number of unbranched alkanes of at least 4 members (excludes halogenated alkanes) is 3. The van der Waals surface area contributed by atoms with Gasteiger partial charge in [0.15, 0.2) is 17.4 Å². The molecular weight excluding hydrogens is 750 g/mol.